The number of amides is 1. The lowest BCUT2D eigenvalue weighted by Gasteiger charge is -2.27. The zero-order valence-electron chi connectivity index (χ0n) is 17.2. The van der Waals surface area contributed by atoms with Crippen LogP contribution in [0.25, 0.3) is 11.0 Å². The maximum Gasteiger partial charge on any atom is 0.224 e. The summed E-state index contributed by atoms with van der Waals surface area (Å²) in [7, 11) is 1.73. The van der Waals surface area contributed by atoms with Gasteiger partial charge in [-0.25, -0.2) is 0 Å². The van der Waals surface area contributed by atoms with Crippen molar-refractivity contribution >= 4 is 58.1 Å². The van der Waals surface area contributed by atoms with Crippen molar-refractivity contribution in [1.82, 2.24) is 15.5 Å². The molecule has 1 aliphatic heterocycles. The number of nitrogens with one attached hydrogen (secondary N) is 2. The van der Waals surface area contributed by atoms with Gasteiger partial charge < -0.3 is 20.0 Å². The fourth-order valence-corrected chi connectivity index (χ4v) is 4.58. The van der Waals surface area contributed by atoms with E-state index in [1.807, 2.05) is 23.1 Å². The predicted molar refractivity (Wildman–Crippen MR) is 133 cm³/mol. The molecule has 0 unspecified atom stereocenters. The number of carbonyl (C=O) groups excluding carboxylic acids is 1. The van der Waals surface area contributed by atoms with Crippen LogP contribution in [0.2, 0.25) is 0 Å². The number of furan rings is 1. The van der Waals surface area contributed by atoms with Gasteiger partial charge in [0.1, 0.15) is 11.3 Å². The molecule has 3 aromatic rings. The van der Waals surface area contributed by atoms with E-state index in [1.165, 1.54) is 10.4 Å². The van der Waals surface area contributed by atoms with Gasteiger partial charge in [-0.3, -0.25) is 9.79 Å². The van der Waals surface area contributed by atoms with Gasteiger partial charge >= 0.3 is 0 Å². The van der Waals surface area contributed by atoms with E-state index in [9.17, 15) is 4.79 Å². The maximum absolute atomic E-state index is 12.5. The second-order valence-electron chi connectivity index (χ2n) is 7.18. The molecule has 160 valence electrons. The molecule has 0 fully saturated rings. The highest BCUT2D eigenvalue weighted by Crippen LogP contribution is 2.25. The molecule has 0 spiro atoms. The molecule has 0 bridgehead atoms. The minimum Gasteiger partial charge on any atom is -0.459 e. The fourth-order valence-electron chi connectivity index (χ4n) is 3.69. The van der Waals surface area contributed by atoms with Gasteiger partial charge in [-0.15, -0.1) is 35.3 Å². The standard InChI is InChI=1S/C22H26N4O2S.HI/c1-15-17-5-3-4-6-18(17)28-19(15)13-25-22(23-2)24-10-7-21(27)26-11-8-20-16(14-26)9-12-29-20;/h3-6,9,12H,7-8,10-11,13-14H2,1-2H3,(H2,23,24,25);1H. The van der Waals surface area contributed by atoms with Crippen molar-refractivity contribution in [3.63, 3.8) is 0 Å². The van der Waals surface area contributed by atoms with Crippen molar-refractivity contribution < 1.29 is 9.21 Å². The molecule has 2 aromatic heterocycles. The molecule has 0 aliphatic carbocycles. The van der Waals surface area contributed by atoms with Gasteiger partial charge in [-0.2, -0.15) is 0 Å². The van der Waals surface area contributed by atoms with Crippen LogP contribution in [0.4, 0.5) is 0 Å². The van der Waals surface area contributed by atoms with Gasteiger partial charge in [-0.05, 0) is 36.4 Å². The second kappa shape index (κ2) is 10.3. The van der Waals surface area contributed by atoms with Crippen molar-refractivity contribution in [2.24, 2.45) is 4.99 Å². The smallest absolute Gasteiger partial charge is 0.224 e. The van der Waals surface area contributed by atoms with Gasteiger partial charge in [0.25, 0.3) is 0 Å². The highest BCUT2D eigenvalue weighted by Gasteiger charge is 2.21. The van der Waals surface area contributed by atoms with E-state index in [-0.39, 0.29) is 29.9 Å². The summed E-state index contributed by atoms with van der Waals surface area (Å²) in [5.41, 5.74) is 3.32. The van der Waals surface area contributed by atoms with Gasteiger partial charge in [0.15, 0.2) is 5.96 Å². The van der Waals surface area contributed by atoms with Crippen molar-refractivity contribution in [2.45, 2.75) is 32.9 Å². The van der Waals surface area contributed by atoms with Crippen LogP contribution >= 0.6 is 35.3 Å². The van der Waals surface area contributed by atoms with Crippen molar-refractivity contribution in [3.05, 3.63) is 57.5 Å². The number of aryl methyl sites for hydroxylation is 1. The minimum absolute atomic E-state index is 0. The second-order valence-corrected chi connectivity index (χ2v) is 8.18. The Balaban J connectivity index is 0.00000256. The molecular formula is C22H27IN4O2S. The predicted octanol–water partition coefficient (Wildman–Crippen LogP) is 4.06. The molecule has 1 amide bonds. The zero-order valence-corrected chi connectivity index (χ0v) is 20.4. The number of hydrogen-bond donors (Lipinski definition) is 2. The number of para-hydroxylation sites is 1. The molecule has 0 atom stereocenters. The van der Waals surface area contributed by atoms with E-state index >= 15 is 0 Å². The number of fused-ring (bicyclic) bond motifs is 2. The lowest BCUT2D eigenvalue weighted by atomic mass is 10.1. The first-order valence-electron chi connectivity index (χ1n) is 9.90. The third kappa shape index (κ3) is 4.97. The molecular weight excluding hydrogens is 511 g/mol. The Bertz CT molecular complexity index is 1040. The molecule has 0 radical (unpaired) electrons. The Hall–Kier alpha value is -2.07. The van der Waals surface area contributed by atoms with Crippen LogP contribution in [0.15, 0.2) is 45.1 Å². The Morgan fingerprint density at radius 1 is 1.27 bits per heavy atom. The molecule has 2 N–H and O–H groups in total. The molecule has 0 saturated carbocycles. The van der Waals surface area contributed by atoms with E-state index in [4.69, 9.17) is 4.42 Å². The molecule has 30 heavy (non-hydrogen) atoms. The molecule has 8 heteroatoms. The van der Waals surface area contributed by atoms with E-state index < -0.39 is 0 Å². The number of hydrogen-bond acceptors (Lipinski definition) is 4. The molecule has 6 nitrogen and oxygen atoms in total. The summed E-state index contributed by atoms with van der Waals surface area (Å²) in [4.78, 5) is 20.1. The lowest BCUT2D eigenvalue weighted by Crippen LogP contribution is -2.40. The highest BCUT2D eigenvalue weighted by atomic mass is 127. The maximum atomic E-state index is 12.5. The van der Waals surface area contributed by atoms with Crippen LogP contribution in [-0.4, -0.2) is 36.9 Å². The third-order valence-electron chi connectivity index (χ3n) is 5.37. The normalized spacial score (nSPS) is 13.7. The third-order valence-corrected chi connectivity index (χ3v) is 6.40. The largest absolute Gasteiger partial charge is 0.459 e. The van der Waals surface area contributed by atoms with Gasteiger partial charge in [0.2, 0.25) is 5.91 Å². The number of aliphatic imine (C=N–C) groups is 1. The number of carbonyl (C=O) groups is 1. The van der Waals surface area contributed by atoms with Crippen molar-refractivity contribution in [2.75, 3.05) is 20.1 Å². The molecule has 1 aliphatic rings. The first kappa shape index (κ1) is 22.6. The van der Waals surface area contributed by atoms with E-state index in [2.05, 4.69) is 40.1 Å². The van der Waals surface area contributed by atoms with E-state index in [1.54, 1.807) is 18.4 Å². The van der Waals surface area contributed by atoms with Crippen LogP contribution in [0.5, 0.6) is 0 Å². The van der Waals surface area contributed by atoms with Crippen molar-refractivity contribution in [3.8, 4) is 0 Å². The van der Waals surface area contributed by atoms with Crippen LogP contribution in [0.3, 0.4) is 0 Å². The number of halogens is 1. The molecule has 4 rings (SSSR count). The summed E-state index contributed by atoms with van der Waals surface area (Å²) in [5.74, 6) is 1.74. The first-order chi connectivity index (χ1) is 14.2. The summed E-state index contributed by atoms with van der Waals surface area (Å²) < 4.78 is 5.93. The summed E-state index contributed by atoms with van der Waals surface area (Å²) >= 11 is 1.79. The SMILES string of the molecule is CN=C(NCCC(=O)N1CCc2sccc2C1)NCc1oc2ccccc2c1C.I. The Kier molecular flexibility index (Phi) is 7.76. The van der Waals surface area contributed by atoms with Crippen LogP contribution in [0.1, 0.15) is 28.2 Å². The number of rotatable bonds is 5. The van der Waals surface area contributed by atoms with E-state index in [0.29, 0.717) is 25.5 Å². The molecule has 1 aromatic carbocycles. The first-order valence-corrected chi connectivity index (χ1v) is 10.8. The van der Waals surface area contributed by atoms with Crippen LogP contribution in [0, 0.1) is 6.92 Å². The number of guanidine groups is 1. The van der Waals surface area contributed by atoms with Crippen LogP contribution < -0.4 is 10.6 Å². The molecule has 0 saturated heterocycles. The topological polar surface area (TPSA) is 69.9 Å². The summed E-state index contributed by atoms with van der Waals surface area (Å²) in [6.45, 7) is 4.70. The summed E-state index contributed by atoms with van der Waals surface area (Å²) in [6, 6.07) is 10.2. The van der Waals surface area contributed by atoms with Crippen LogP contribution in [-0.2, 0) is 24.3 Å². The highest BCUT2D eigenvalue weighted by molar-refractivity contribution is 14.0. The molecule has 3 heterocycles. The number of nitrogens with zero attached hydrogens (tertiary/aromatic N) is 2. The summed E-state index contributed by atoms with van der Waals surface area (Å²) in [6.07, 6.45) is 1.41. The fraction of sp³-hybridized carbons (Fsp3) is 0.364. The quantitative estimate of drug-likeness (QED) is 0.292. The lowest BCUT2D eigenvalue weighted by molar-refractivity contribution is -0.131. The Morgan fingerprint density at radius 2 is 2.10 bits per heavy atom. The Labute approximate surface area is 197 Å². The average molecular weight is 538 g/mol. The van der Waals surface area contributed by atoms with Crippen molar-refractivity contribution in [1.29, 1.82) is 0 Å². The van der Waals surface area contributed by atoms with Gasteiger partial charge in [-0.1, -0.05) is 18.2 Å². The zero-order chi connectivity index (χ0) is 20.2. The minimum atomic E-state index is 0. The number of benzene rings is 1. The summed E-state index contributed by atoms with van der Waals surface area (Å²) in [5, 5.41) is 9.74. The monoisotopic (exact) mass is 538 g/mol. The van der Waals surface area contributed by atoms with Gasteiger partial charge in [0, 0.05) is 48.9 Å². The Morgan fingerprint density at radius 3 is 2.90 bits per heavy atom. The number of thiophene rings is 1. The van der Waals surface area contributed by atoms with E-state index in [0.717, 1.165) is 41.8 Å². The van der Waals surface area contributed by atoms with Gasteiger partial charge in [0.05, 0.1) is 6.54 Å². The average Bonchev–Trinajstić information content (AvgIpc) is 3.34.